The molecule has 1 aliphatic heterocycles. The lowest BCUT2D eigenvalue weighted by Gasteiger charge is -2.33. The van der Waals surface area contributed by atoms with Gasteiger partial charge in [0.2, 0.25) is 11.7 Å². The lowest BCUT2D eigenvalue weighted by molar-refractivity contribution is 0.0850. The number of benzene rings is 1. The van der Waals surface area contributed by atoms with Gasteiger partial charge in [0.1, 0.15) is 0 Å². The van der Waals surface area contributed by atoms with Crippen molar-refractivity contribution >= 4 is 0 Å². The zero-order valence-electron chi connectivity index (χ0n) is 13.3. The van der Waals surface area contributed by atoms with Crippen molar-refractivity contribution in [2.45, 2.75) is 31.6 Å². The van der Waals surface area contributed by atoms with Gasteiger partial charge in [0.25, 0.3) is 0 Å². The van der Waals surface area contributed by atoms with E-state index >= 15 is 0 Å². The Bertz CT molecular complexity index is 595. The van der Waals surface area contributed by atoms with E-state index in [0.717, 1.165) is 37.9 Å². The normalized spacial score (nSPS) is 17.5. The van der Waals surface area contributed by atoms with E-state index in [4.69, 9.17) is 9.26 Å². The molecule has 5 heteroatoms. The molecule has 22 heavy (non-hydrogen) atoms. The van der Waals surface area contributed by atoms with Gasteiger partial charge in [-0.2, -0.15) is 4.98 Å². The van der Waals surface area contributed by atoms with Gasteiger partial charge in [0.05, 0.1) is 12.0 Å². The van der Waals surface area contributed by atoms with Crippen LogP contribution in [0.2, 0.25) is 0 Å². The molecule has 1 fully saturated rings. The summed E-state index contributed by atoms with van der Waals surface area (Å²) >= 11 is 0. The molecular formula is C17H23N3O2. The van der Waals surface area contributed by atoms with E-state index in [-0.39, 0.29) is 5.41 Å². The van der Waals surface area contributed by atoms with Gasteiger partial charge in [0.15, 0.2) is 0 Å². The molecule has 1 aromatic heterocycles. The maximum atomic E-state index is 5.60. The highest BCUT2D eigenvalue weighted by Crippen LogP contribution is 2.33. The second kappa shape index (κ2) is 6.58. The smallest absolute Gasteiger partial charge is 0.235 e. The summed E-state index contributed by atoms with van der Waals surface area (Å²) in [5, 5.41) is 7.56. The lowest BCUT2D eigenvalue weighted by atomic mass is 9.79. The predicted octanol–water partition coefficient (Wildman–Crippen LogP) is 2.57. The number of nitrogens with one attached hydrogen (secondary N) is 1. The highest BCUT2D eigenvalue weighted by atomic mass is 16.5. The van der Waals surface area contributed by atoms with Gasteiger partial charge in [-0.1, -0.05) is 36.3 Å². The van der Waals surface area contributed by atoms with Crippen molar-refractivity contribution in [3.8, 4) is 11.4 Å². The van der Waals surface area contributed by atoms with E-state index in [9.17, 15) is 0 Å². The molecule has 3 rings (SSSR count). The Morgan fingerprint density at radius 2 is 1.95 bits per heavy atom. The second-order valence-corrected chi connectivity index (χ2v) is 5.94. The summed E-state index contributed by atoms with van der Waals surface area (Å²) in [5.41, 5.74) is 2.14. The van der Waals surface area contributed by atoms with Crippen LogP contribution >= 0.6 is 0 Å². The minimum atomic E-state index is -0.158. The first-order chi connectivity index (χ1) is 10.8. The number of aromatic nitrogens is 2. The van der Waals surface area contributed by atoms with Crippen LogP contribution in [-0.4, -0.2) is 36.9 Å². The number of methoxy groups -OCH3 is 1. The zero-order chi connectivity index (χ0) is 15.4. The van der Waals surface area contributed by atoms with Gasteiger partial charge in [0, 0.05) is 12.7 Å². The first kappa shape index (κ1) is 15.2. The summed E-state index contributed by atoms with van der Waals surface area (Å²) in [7, 11) is 1.73. The van der Waals surface area contributed by atoms with Crippen molar-refractivity contribution in [2.24, 2.45) is 0 Å². The second-order valence-electron chi connectivity index (χ2n) is 5.94. The van der Waals surface area contributed by atoms with Crippen LogP contribution in [0.3, 0.4) is 0 Å². The molecule has 2 heterocycles. The summed E-state index contributed by atoms with van der Waals surface area (Å²) in [4.78, 5) is 4.66. The highest BCUT2D eigenvalue weighted by Gasteiger charge is 2.39. The first-order valence-electron chi connectivity index (χ1n) is 7.90. The summed E-state index contributed by atoms with van der Waals surface area (Å²) in [6.45, 7) is 4.66. The van der Waals surface area contributed by atoms with E-state index in [2.05, 4.69) is 46.6 Å². The maximum absolute atomic E-state index is 5.60. The average molecular weight is 301 g/mol. The molecule has 2 aromatic rings. The summed E-state index contributed by atoms with van der Waals surface area (Å²) < 4.78 is 11.0. The molecule has 0 saturated carbocycles. The minimum absolute atomic E-state index is 0.158. The molecule has 1 saturated heterocycles. The monoisotopic (exact) mass is 301 g/mol. The molecule has 0 radical (unpaired) electrons. The molecular weight excluding hydrogens is 278 g/mol. The molecule has 0 bridgehead atoms. The van der Waals surface area contributed by atoms with Crippen LogP contribution in [0, 0.1) is 0 Å². The third-order valence-electron chi connectivity index (χ3n) is 4.48. The van der Waals surface area contributed by atoms with Crippen LogP contribution in [0.5, 0.6) is 0 Å². The van der Waals surface area contributed by atoms with E-state index in [0.29, 0.717) is 18.3 Å². The van der Waals surface area contributed by atoms with Crippen LogP contribution < -0.4 is 5.32 Å². The number of ether oxygens (including phenoxy) is 1. The fraction of sp³-hybridized carbons (Fsp3) is 0.529. The van der Waals surface area contributed by atoms with Crippen molar-refractivity contribution in [1.82, 2.24) is 15.5 Å². The van der Waals surface area contributed by atoms with Gasteiger partial charge >= 0.3 is 0 Å². The molecule has 1 aromatic carbocycles. The van der Waals surface area contributed by atoms with Crippen molar-refractivity contribution in [2.75, 3.05) is 26.8 Å². The number of hydrogen-bond acceptors (Lipinski definition) is 5. The molecule has 118 valence electrons. The third kappa shape index (κ3) is 2.91. The van der Waals surface area contributed by atoms with Gasteiger partial charge in [-0.25, -0.2) is 0 Å². The average Bonchev–Trinajstić information content (AvgIpc) is 3.07. The SMILES string of the molecule is CCc1ccc(-c2noc(C3(COC)CCNCC3)n2)cc1. The fourth-order valence-electron chi connectivity index (χ4n) is 3.05. The molecule has 5 nitrogen and oxygen atoms in total. The largest absolute Gasteiger partial charge is 0.384 e. The maximum Gasteiger partial charge on any atom is 0.235 e. The van der Waals surface area contributed by atoms with Gasteiger partial charge in [-0.05, 0) is 37.9 Å². The Kier molecular flexibility index (Phi) is 4.55. The zero-order valence-corrected chi connectivity index (χ0v) is 13.3. The lowest BCUT2D eigenvalue weighted by Crippen LogP contribution is -2.43. The Balaban J connectivity index is 1.87. The molecule has 0 amide bonds. The molecule has 0 unspecified atom stereocenters. The van der Waals surface area contributed by atoms with Crippen molar-refractivity contribution in [1.29, 1.82) is 0 Å². The third-order valence-corrected chi connectivity index (χ3v) is 4.48. The summed E-state index contributed by atoms with van der Waals surface area (Å²) in [5.74, 6) is 1.36. The van der Waals surface area contributed by atoms with Crippen molar-refractivity contribution < 1.29 is 9.26 Å². The van der Waals surface area contributed by atoms with Gasteiger partial charge in [-0.3, -0.25) is 0 Å². The molecule has 0 atom stereocenters. The molecule has 1 aliphatic rings. The van der Waals surface area contributed by atoms with E-state index in [1.807, 2.05) is 0 Å². The Hall–Kier alpha value is -1.72. The van der Waals surface area contributed by atoms with Crippen LogP contribution in [0.4, 0.5) is 0 Å². The Labute approximate surface area is 131 Å². The summed E-state index contributed by atoms with van der Waals surface area (Å²) in [6, 6.07) is 8.33. The summed E-state index contributed by atoms with van der Waals surface area (Å²) in [6.07, 6.45) is 2.94. The Morgan fingerprint density at radius 3 is 2.59 bits per heavy atom. The number of rotatable bonds is 5. The number of piperidine rings is 1. The van der Waals surface area contributed by atoms with Crippen molar-refractivity contribution in [3.63, 3.8) is 0 Å². The quantitative estimate of drug-likeness (QED) is 0.919. The van der Waals surface area contributed by atoms with Crippen LogP contribution in [0.25, 0.3) is 11.4 Å². The predicted molar refractivity (Wildman–Crippen MR) is 84.8 cm³/mol. The van der Waals surface area contributed by atoms with E-state index < -0.39 is 0 Å². The van der Waals surface area contributed by atoms with E-state index in [1.54, 1.807) is 7.11 Å². The molecule has 1 N–H and O–H groups in total. The molecule has 0 spiro atoms. The van der Waals surface area contributed by atoms with Crippen LogP contribution in [0.1, 0.15) is 31.2 Å². The fourth-order valence-corrected chi connectivity index (χ4v) is 3.05. The Morgan fingerprint density at radius 1 is 1.23 bits per heavy atom. The minimum Gasteiger partial charge on any atom is -0.384 e. The standard InChI is InChI=1S/C17H23N3O2/c1-3-13-4-6-14(7-5-13)15-19-16(22-20-15)17(12-21-2)8-10-18-11-9-17/h4-7,18H,3,8-12H2,1-2H3. The van der Waals surface area contributed by atoms with Crippen molar-refractivity contribution in [3.05, 3.63) is 35.7 Å². The molecule has 0 aliphatic carbocycles. The van der Waals surface area contributed by atoms with Crippen LogP contribution in [-0.2, 0) is 16.6 Å². The first-order valence-corrected chi connectivity index (χ1v) is 7.90. The van der Waals surface area contributed by atoms with Gasteiger partial charge < -0.3 is 14.6 Å². The number of hydrogen-bond donors (Lipinski definition) is 1. The number of nitrogens with zero attached hydrogens (tertiary/aromatic N) is 2. The van der Waals surface area contributed by atoms with Gasteiger partial charge in [-0.15, -0.1) is 0 Å². The van der Waals surface area contributed by atoms with E-state index in [1.165, 1.54) is 5.56 Å². The number of aryl methyl sites for hydroxylation is 1. The highest BCUT2D eigenvalue weighted by molar-refractivity contribution is 5.54. The van der Waals surface area contributed by atoms with Crippen LogP contribution in [0.15, 0.2) is 28.8 Å². The topological polar surface area (TPSA) is 60.2 Å².